The largest absolute Gasteiger partial charge is 0.444 e. The first-order valence-corrected chi connectivity index (χ1v) is 4.92. The molecule has 4 heteroatoms. The third-order valence-corrected chi connectivity index (χ3v) is 2.22. The summed E-state index contributed by atoms with van der Waals surface area (Å²) in [6.07, 6.45) is 5.35. The van der Waals surface area contributed by atoms with Gasteiger partial charge in [0.1, 0.15) is 6.26 Å². The number of nitrogens with zero attached hydrogens (tertiary/aromatic N) is 3. The molecule has 0 amide bonds. The average Bonchev–Trinajstić information content (AvgIpc) is 2.69. The minimum absolute atomic E-state index is 0.0178. The van der Waals surface area contributed by atoms with E-state index in [9.17, 15) is 0 Å². The minimum Gasteiger partial charge on any atom is -0.444 e. The van der Waals surface area contributed by atoms with Crippen LogP contribution in [-0.4, -0.2) is 14.8 Å². The van der Waals surface area contributed by atoms with Gasteiger partial charge in [0.15, 0.2) is 0 Å². The van der Waals surface area contributed by atoms with Crippen LogP contribution >= 0.6 is 0 Å². The lowest BCUT2D eigenvalue weighted by atomic mass is 9.93. The molecule has 0 saturated heterocycles. The van der Waals surface area contributed by atoms with Crippen LogP contribution in [0.2, 0.25) is 0 Å². The van der Waals surface area contributed by atoms with Gasteiger partial charge in [0, 0.05) is 18.7 Å². The van der Waals surface area contributed by atoms with Crippen LogP contribution in [0.15, 0.2) is 23.1 Å². The summed E-state index contributed by atoms with van der Waals surface area (Å²) in [7, 11) is 1.87. The van der Waals surface area contributed by atoms with Crippen molar-refractivity contribution in [2.24, 2.45) is 7.05 Å². The second kappa shape index (κ2) is 3.22. The number of aryl methyl sites for hydroxylation is 1. The molecule has 0 aromatic carbocycles. The Kier molecular flexibility index (Phi) is 2.14. The Morgan fingerprint density at radius 1 is 1.33 bits per heavy atom. The Hall–Kier alpha value is -1.58. The molecular formula is C11H15N3O. The topological polar surface area (TPSA) is 43.9 Å². The molecule has 0 fully saturated rings. The maximum absolute atomic E-state index is 5.43. The van der Waals surface area contributed by atoms with Crippen molar-refractivity contribution in [3.8, 4) is 11.5 Å². The Balaban J connectivity index is 2.36. The van der Waals surface area contributed by atoms with Crippen molar-refractivity contribution in [3.63, 3.8) is 0 Å². The number of oxazole rings is 1. The molecule has 2 aromatic heterocycles. The van der Waals surface area contributed by atoms with E-state index in [1.165, 1.54) is 0 Å². The normalized spacial score (nSPS) is 12.0. The summed E-state index contributed by atoms with van der Waals surface area (Å²) >= 11 is 0. The molecular weight excluding hydrogens is 190 g/mol. The number of hydrogen-bond acceptors (Lipinski definition) is 3. The molecule has 2 heterocycles. The zero-order valence-corrected chi connectivity index (χ0v) is 9.48. The molecule has 2 aromatic rings. The Morgan fingerprint density at radius 2 is 2.07 bits per heavy atom. The molecule has 0 radical (unpaired) electrons. The van der Waals surface area contributed by atoms with E-state index < -0.39 is 0 Å². The molecule has 80 valence electrons. The van der Waals surface area contributed by atoms with Crippen LogP contribution < -0.4 is 0 Å². The minimum atomic E-state index is 0.0178. The first-order valence-electron chi connectivity index (χ1n) is 4.92. The highest BCUT2D eigenvalue weighted by Gasteiger charge is 2.19. The van der Waals surface area contributed by atoms with E-state index in [1.807, 2.05) is 13.2 Å². The van der Waals surface area contributed by atoms with E-state index in [1.54, 1.807) is 17.1 Å². The monoisotopic (exact) mass is 205 g/mol. The van der Waals surface area contributed by atoms with Crippen LogP contribution in [-0.2, 0) is 12.5 Å². The third kappa shape index (κ3) is 1.93. The average molecular weight is 205 g/mol. The molecule has 0 aliphatic carbocycles. The zero-order valence-electron chi connectivity index (χ0n) is 9.48. The zero-order chi connectivity index (χ0) is 11.1. The molecule has 0 saturated carbocycles. The van der Waals surface area contributed by atoms with Crippen LogP contribution in [0, 0.1) is 0 Å². The van der Waals surface area contributed by atoms with Gasteiger partial charge in [0.2, 0.25) is 5.89 Å². The molecule has 4 nitrogen and oxygen atoms in total. The second-order valence-corrected chi connectivity index (χ2v) is 4.69. The van der Waals surface area contributed by atoms with Gasteiger partial charge in [-0.2, -0.15) is 5.10 Å². The number of rotatable bonds is 1. The van der Waals surface area contributed by atoms with Crippen LogP contribution in [0.5, 0.6) is 0 Å². The highest BCUT2D eigenvalue weighted by atomic mass is 16.3. The lowest BCUT2D eigenvalue weighted by Gasteiger charge is -2.12. The fourth-order valence-electron chi connectivity index (χ4n) is 1.28. The maximum atomic E-state index is 5.43. The summed E-state index contributed by atoms with van der Waals surface area (Å²) in [5.74, 6) is 0.632. The van der Waals surface area contributed by atoms with Crippen molar-refractivity contribution < 1.29 is 4.42 Å². The first kappa shape index (κ1) is 9.96. The van der Waals surface area contributed by atoms with Gasteiger partial charge in [-0.3, -0.25) is 4.68 Å². The lowest BCUT2D eigenvalue weighted by Crippen LogP contribution is -2.11. The standard InChI is InChI=1S/C11H15N3O/c1-11(2,3)9-7-15-10(13-9)8-5-12-14(4)6-8/h5-7H,1-4H3. The Labute approximate surface area is 88.9 Å². The second-order valence-electron chi connectivity index (χ2n) is 4.69. The Morgan fingerprint density at radius 3 is 2.53 bits per heavy atom. The van der Waals surface area contributed by atoms with E-state index in [4.69, 9.17) is 4.42 Å². The van der Waals surface area contributed by atoms with Crippen LogP contribution in [0.3, 0.4) is 0 Å². The summed E-state index contributed by atoms with van der Waals surface area (Å²) < 4.78 is 7.16. The number of hydrogen-bond donors (Lipinski definition) is 0. The highest BCUT2D eigenvalue weighted by Crippen LogP contribution is 2.25. The van der Waals surface area contributed by atoms with Gasteiger partial charge in [-0.15, -0.1) is 0 Å². The summed E-state index contributed by atoms with van der Waals surface area (Å²) in [5.41, 5.74) is 1.89. The van der Waals surface area contributed by atoms with E-state index >= 15 is 0 Å². The van der Waals surface area contributed by atoms with Gasteiger partial charge in [0.25, 0.3) is 0 Å². The van der Waals surface area contributed by atoms with Gasteiger partial charge in [-0.05, 0) is 0 Å². The third-order valence-electron chi connectivity index (χ3n) is 2.22. The summed E-state index contributed by atoms with van der Waals surface area (Å²) in [6.45, 7) is 6.33. The molecule has 2 rings (SSSR count). The summed E-state index contributed by atoms with van der Waals surface area (Å²) in [6, 6.07) is 0. The lowest BCUT2D eigenvalue weighted by molar-refractivity contribution is 0.543. The van der Waals surface area contributed by atoms with Gasteiger partial charge in [0.05, 0.1) is 17.5 Å². The molecule has 0 atom stereocenters. The van der Waals surface area contributed by atoms with E-state index in [-0.39, 0.29) is 5.41 Å². The van der Waals surface area contributed by atoms with Gasteiger partial charge >= 0.3 is 0 Å². The summed E-state index contributed by atoms with van der Waals surface area (Å²) in [4.78, 5) is 4.45. The predicted molar refractivity (Wildman–Crippen MR) is 57.4 cm³/mol. The smallest absolute Gasteiger partial charge is 0.229 e. The molecule has 0 bridgehead atoms. The van der Waals surface area contributed by atoms with Crippen LogP contribution in [0.4, 0.5) is 0 Å². The van der Waals surface area contributed by atoms with E-state index in [0.29, 0.717) is 5.89 Å². The maximum Gasteiger partial charge on any atom is 0.229 e. The predicted octanol–water partition coefficient (Wildman–Crippen LogP) is 2.37. The van der Waals surface area contributed by atoms with Gasteiger partial charge in [-0.1, -0.05) is 20.8 Å². The van der Waals surface area contributed by atoms with Crippen molar-refractivity contribution in [1.29, 1.82) is 0 Å². The SMILES string of the molecule is Cn1cc(-c2nc(C(C)(C)C)co2)cn1. The van der Waals surface area contributed by atoms with Crippen molar-refractivity contribution in [1.82, 2.24) is 14.8 Å². The van der Waals surface area contributed by atoms with Gasteiger partial charge < -0.3 is 4.42 Å². The van der Waals surface area contributed by atoms with E-state index in [0.717, 1.165) is 11.3 Å². The van der Waals surface area contributed by atoms with Gasteiger partial charge in [-0.25, -0.2) is 4.98 Å². The number of aromatic nitrogens is 3. The molecule has 0 spiro atoms. The molecule has 15 heavy (non-hydrogen) atoms. The van der Waals surface area contributed by atoms with Crippen molar-refractivity contribution in [2.45, 2.75) is 26.2 Å². The Bertz CT molecular complexity index is 462. The fourth-order valence-corrected chi connectivity index (χ4v) is 1.28. The summed E-state index contributed by atoms with van der Waals surface area (Å²) in [5, 5.41) is 4.08. The molecule has 0 aliphatic heterocycles. The van der Waals surface area contributed by atoms with Crippen molar-refractivity contribution in [3.05, 3.63) is 24.4 Å². The van der Waals surface area contributed by atoms with Crippen LogP contribution in [0.1, 0.15) is 26.5 Å². The molecule has 0 aliphatic rings. The van der Waals surface area contributed by atoms with Crippen LogP contribution in [0.25, 0.3) is 11.5 Å². The van der Waals surface area contributed by atoms with Crippen molar-refractivity contribution >= 4 is 0 Å². The highest BCUT2D eigenvalue weighted by molar-refractivity contribution is 5.50. The fraction of sp³-hybridized carbons (Fsp3) is 0.455. The molecule has 0 unspecified atom stereocenters. The van der Waals surface area contributed by atoms with E-state index in [2.05, 4.69) is 30.9 Å². The quantitative estimate of drug-likeness (QED) is 0.717. The first-order chi connectivity index (χ1) is 6.97. The van der Waals surface area contributed by atoms with Crippen molar-refractivity contribution in [2.75, 3.05) is 0 Å². The molecule has 0 N–H and O–H groups in total.